The summed E-state index contributed by atoms with van der Waals surface area (Å²) in [5.41, 5.74) is 0.393. The average molecular weight is 166 g/mol. The molecule has 0 aliphatic heterocycles. The molecule has 2 nitrogen and oxygen atoms in total. The highest BCUT2D eigenvalue weighted by atomic mass is 16.3. The van der Waals surface area contributed by atoms with Crippen LogP contribution < -0.4 is 0 Å². The molecule has 1 aromatic heterocycles. The molecule has 0 bridgehead atoms. The molecular formula is C10H14O2. The zero-order chi connectivity index (χ0) is 8.60. The first-order valence-corrected chi connectivity index (χ1v) is 4.52. The van der Waals surface area contributed by atoms with Crippen molar-refractivity contribution in [1.82, 2.24) is 0 Å². The van der Waals surface area contributed by atoms with E-state index in [1.807, 2.05) is 6.07 Å². The molecule has 1 fully saturated rings. The van der Waals surface area contributed by atoms with Crippen molar-refractivity contribution in [2.24, 2.45) is 5.92 Å². The number of hydrogen-bond donors (Lipinski definition) is 1. The van der Waals surface area contributed by atoms with Gasteiger partial charge in [0.15, 0.2) is 0 Å². The van der Waals surface area contributed by atoms with Gasteiger partial charge in [0.2, 0.25) is 0 Å². The quantitative estimate of drug-likeness (QED) is 0.747. The summed E-state index contributed by atoms with van der Waals surface area (Å²) in [6.07, 6.45) is 6.43. The molecule has 0 amide bonds. The molecule has 1 aliphatic carbocycles. The summed E-state index contributed by atoms with van der Waals surface area (Å²) in [7, 11) is 0. The number of furan rings is 1. The molecule has 1 aliphatic rings. The molecular weight excluding hydrogens is 152 g/mol. The van der Waals surface area contributed by atoms with Crippen molar-refractivity contribution in [2.75, 3.05) is 0 Å². The van der Waals surface area contributed by atoms with Crippen LogP contribution in [0.25, 0.3) is 0 Å². The largest absolute Gasteiger partial charge is 0.472 e. The second-order valence-electron chi connectivity index (χ2n) is 3.63. The Morgan fingerprint density at radius 2 is 2.58 bits per heavy atom. The molecule has 0 spiro atoms. The molecule has 2 atom stereocenters. The molecule has 1 saturated carbocycles. The van der Waals surface area contributed by atoms with Gasteiger partial charge in [-0.05, 0) is 24.8 Å². The van der Waals surface area contributed by atoms with Gasteiger partial charge >= 0.3 is 0 Å². The lowest BCUT2D eigenvalue weighted by Gasteiger charge is -2.05. The van der Waals surface area contributed by atoms with Crippen LogP contribution in [0.4, 0.5) is 0 Å². The molecule has 2 rings (SSSR count). The average Bonchev–Trinajstić information content (AvgIpc) is 2.57. The van der Waals surface area contributed by atoms with Crippen molar-refractivity contribution in [1.29, 1.82) is 0 Å². The fraction of sp³-hybridized carbons (Fsp3) is 0.600. The van der Waals surface area contributed by atoms with Crippen molar-refractivity contribution in [2.45, 2.75) is 31.8 Å². The van der Waals surface area contributed by atoms with E-state index in [0.717, 1.165) is 24.8 Å². The first-order valence-electron chi connectivity index (χ1n) is 4.52. The van der Waals surface area contributed by atoms with Crippen LogP contribution in [0.2, 0.25) is 0 Å². The second-order valence-corrected chi connectivity index (χ2v) is 3.63. The lowest BCUT2D eigenvalue weighted by atomic mass is 10.1. The molecule has 0 saturated heterocycles. The Kier molecular flexibility index (Phi) is 1.72. The van der Waals surface area contributed by atoms with Crippen molar-refractivity contribution in [3.05, 3.63) is 24.2 Å². The number of aliphatic hydroxyl groups is 1. The van der Waals surface area contributed by atoms with Gasteiger partial charge in [-0.15, -0.1) is 0 Å². The van der Waals surface area contributed by atoms with E-state index in [1.165, 1.54) is 0 Å². The van der Waals surface area contributed by atoms with Crippen LogP contribution in [-0.4, -0.2) is 5.11 Å². The Morgan fingerprint density at radius 3 is 3.17 bits per heavy atom. The Balaban J connectivity index is 2.07. The van der Waals surface area contributed by atoms with Crippen LogP contribution >= 0.6 is 0 Å². The summed E-state index contributed by atoms with van der Waals surface area (Å²) < 4.78 is 4.95. The van der Waals surface area contributed by atoms with E-state index >= 15 is 0 Å². The molecule has 0 aromatic carbocycles. The zero-order valence-corrected chi connectivity index (χ0v) is 7.29. The van der Waals surface area contributed by atoms with Gasteiger partial charge in [0.25, 0.3) is 0 Å². The number of rotatable bonds is 3. The van der Waals surface area contributed by atoms with Crippen LogP contribution in [-0.2, 0) is 5.60 Å². The first kappa shape index (κ1) is 7.87. The summed E-state index contributed by atoms with van der Waals surface area (Å²) in [6.45, 7) is 2.15. The minimum absolute atomic E-state index is 0.458. The maximum absolute atomic E-state index is 10.0. The summed E-state index contributed by atoms with van der Waals surface area (Å²) in [5, 5.41) is 10.0. The van der Waals surface area contributed by atoms with Crippen LogP contribution in [0.5, 0.6) is 0 Å². The van der Waals surface area contributed by atoms with Gasteiger partial charge in [0.1, 0.15) is 0 Å². The summed E-state index contributed by atoms with van der Waals surface area (Å²) in [4.78, 5) is 0. The number of hydrogen-bond acceptors (Lipinski definition) is 2. The van der Waals surface area contributed by atoms with E-state index in [-0.39, 0.29) is 0 Å². The van der Waals surface area contributed by atoms with Gasteiger partial charge in [0.05, 0.1) is 18.1 Å². The van der Waals surface area contributed by atoms with E-state index in [1.54, 1.807) is 12.5 Å². The van der Waals surface area contributed by atoms with Gasteiger partial charge in [-0.3, -0.25) is 0 Å². The molecule has 1 N–H and O–H groups in total. The van der Waals surface area contributed by atoms with Crippen molar-refractivity contribution in [3.8, 4) is 0 Å². The fourth-order valence-electron chi connectivity index (χ4n) is 1.87. The van der Waals surface area contributed by atoms with E-state index in [4.69, 9.17) is 4.42 Å². The molecule has 12 heavy (non-hydrogen) atoms. The lowest BCUT2D eigenvalue weighted by Crippen LogP contribution is -2.06. The Bertz CT molecular complexity index is 253. The van der Waals surface area contributed by atoms with E-state index in [0.29, 0.717) is 5.92 Å². The minimum atomic E-state index is -0.553. The summed E-state index contributed by atoms with van der Waals surface area (Å²) in [5.74, 6) is 0.458. The van der Waals surface area contributed by atoms with Gasteiger partial charge in [-0.25, -0.2) is 0 Å². The standard InChI is InChI=1S/C10H14O2/c1-2-3-8-6-10(8,11)9-4-5-12-7-9/h4-5,7-8,11H,2-3,6H2,1H3. The molecule has 0 radical (unpaired) electrons. The zero-order valence-electron chi connectivity index (χ0n) is 7.29. The maximum atomic E-state index is 10.0. The van der Waals surface area contributed by atoms with Crippen molar-refractivity contribution in [3.63, 3.8) is 0 Å². The Morgan fingerprint density at radius 1 is 1.75 bits per heavy atom. The van der Waals surface area contributed by atoms with E-state index in [2.05, 4.69) is 6.92 Å². The Labute approximate surface area is 72.2 Å². The lowest BCUT2D eigenvalue weighted by molar-refractivity contribution is 0.128. The van der Waals surface area contributed by atoms with Crippen molar-refractivity contribution < 1.29 is 9.52 Å². The molecule has 1 heterocycles. The molecule has 66 valence electrons. The highest BCUT2D eigenvalue weighted by Gasteiger charge is 2.53. The van der Waals surface area contributed by atoms with Crippen molar-refractivity contribution >= 4 is 0 Å². The summed E-state index contributed by atoms with van der Waals surface area (Å²) >= 11 is 0. The van der Waals surface area contributed by atoms with Crippen LogP contribution in [0.1, 0.15) is 31.7 Å². The predicted octanol–water partition coefficient (Wildman–Crippen LogP) is 2.29. The third-order valence-corrected chi connectivity index (χ3v) is 2.73. The normalized spacial score (nSPS) is 33.7. The molecule has 2 unspecified atom stereocenters. The van der Waals surface area contributed by atoms with Gasteiger partial charge < -0.3 is 9.52 Å². The predicted molar refractivity (Wildman–Crippen MR) is 45.6 cm³/mol. The maximum Gasteiger partial charge on any atom is 0.0963 e. The van der Waals surface area contributed by atoms with E-state index in [9.17, 15) is 5.11 Å². The third-order valence-electron chi connectivity index (χ3n) is 2.73. The first-order chi connectivity index (χ1) is 5.77. The van der Waals surface area contributed by atoms with Crippen LogP contribution in [0.3, 0.4) is 0 Å². The van der Waals surface area contributed by atoms with Gasteiger partial charge in [-0.1, -0.05) is 13.3 Å². The van der Waals surface area contributed by atoms with Gasteiger partial charge in [0, 0.05) is 5.56 Å². The van der Waals surface area contributed by atoms with Gasteiger partial charge in [-0.2, -0.15) is 0 Å². The summed E-state index contributed by atoms with van der Waals surface area (Å²) in [6, 6.07) is 1.86. The molecule has 1 aromatic rings. The Hall–Kier alpha value is -0.760. The molecule has 2 heteroatoms. The highest BCUT2D eigenvalue weighted by molar-refractivity contribution is 5.25. The SMILES string of the molecule is CCCC1CC1(O)c1ccoc1. The topological polar surface area (TPSA) is 33.4 Å². The monoisotopic (exact) mass is 166 g/mol. The van der Waals surface area contributed by atoms with E-state index < -0.39 is 5.60 Å². The third kappa shape index (κ3) is 1.07. The highest BCUT2D eigenvalue weighted by Crippen LogP contribution is 2.54. The van der Waals surface area contributed by atoms with Crippen LogP contribution in [0, 0.1) is 5.92 Å². The fourth-order valence-corrected chi connectivity index (χ4v) is 1.87. The smallest absolute Gasteiger partial charge is 0.0963 e. The minimum Gasteiger partial charge on any atom is -0.472 e. The second kappa shape index (κ2) is 2.63. The van der Waals surface area contributed by atoms with Crippen LogP contribution in [0.15, 0.2) is 23.0 Å².